The maximum absolute atomic E-state index is 12.3. The maximum atomic E-state index is 12.3. The number of aryl methyl sites for hydroxylation is 1. The lowest BCUT2D eigenvalue weighted by molar-refractivity contribution is -0.132. The van der Waals surface area contributed by atoms with Gasteiger partial charge in [-0.15, -0.1) is 0 Å². The van der Waals surface area contributed by atoms with Gasteiger partial charge >= 0.3 is 0 Å². The van der Waals surface area contributed by atoms with Gasteiger partial charge in [-0.25, -0.2) is 4.98 Å². The molecule has 1 amide bonds. The molecular weight excluding hydrogens is 266 g/mol. The highest BCUT2D eigenvalue weighted by Gasteiger charge is 2.24. The van der Waals surface area contributed by atoms with Crippen molar-refractivity contribution in [3.8, 4) is 0 Å². The summed E-state index contributed by atoms with van der Waals surface area (Å²) < 4.78 is 0. The Labute approximate surface area is 125 Å². The lowest BCUT2D eigenvalue weighted by atomic mass is 10.3. The van der Waals surface area contributed by atoms with Crippen molar-refractivity contribution in [2.75, 3.05) is 50.7 Å². The molecule has 1 aromatic rings. The van der Waals surface area contributed by atoms with E-state index in [9.17, 15) is 4.79 Å². The summed E-state index contributed by atoms with van der Waals surface area (Å²) in [4.78, 5) is 27.4. The number of likely N-dealkylation sites (tertiary alicyclic amines) is 1. The van der Waals surface area contributed by atoms with Crippen LogP contribution in [0.5, 0.6) is 0 Å². The van der Waals surface area contributed by atoms with E-state index in [1.54, 1.807) is 12.4 Å². The molecule has 0 spiro atoms. The molecule has 0 atom stereocenters. The molecule has 6 nitrogen and oxygen atoms in total. The minimum Gasteiger partial charge on any atom is -0.352 e. The highest BCUT2D eigenvalue weighted by atomic mass is 16.2. The van der Waals surface area contributed by atoms with Crippen molar-refractivity contribution in [1.29, 1.82) is 0 Å². The monoisotopic (exact) mass is 289 g/mol. The normalized spacial score (nSPS) is 20.0. The SMILES string of the molecule is Cc1cncc(N2CCN(C(=O)CN3CCCC3)CC2)n1. The summed E-state index contributed by atoms with van der Waals surface area (Å²) >= 11 is 0. The molecule has 2 aliphatic heterocycles. The number of anilines is 1. The zero-order chi connectivity index (χ0) is 14.7. The first-order valence-electron chi connectivity index (χ1n) is 7.76. The van der Waals surface area contributed by atoms with Crippen molar-refractivity contribution in [1.82, 2.24) is 19.8 Å². The van der Waals surface area contributed by atoms with Gasteiger partial charge in [-0.3, -0.25) is 14.7 Å². The van der Waals surface area contributed by atoms with E-state index < -0.39 is 0 Å². The summed E-state index contributed by atoms with van der Waals surface area (Å²) in [5, 5.41) is 0. The van der Waals surface area contributed by atoms with Crippen molar-refractivity contribution >= 4 is 11.7 Å². The third-order valence-corrected chi connectivity index (χ3v) is 4.26. The molecule has 2 fully saturated rings. The van der Waals surface area contributed by atoms with Crippen LogP contribution in [0.1, 0.15) is 18.5 Å². The van der Waals surface area contributed by atoms with E-state index in [1.807, 2.05) is 11.8 Å². The minimum absolute atomic E-state index is 0.270. The van der Waals surface area contributed by atoms with Crippen LogP contribution in [0, 0.1) is 6.92 Å². The largest absolute Gasteiger partial charge is 0.352 e. The van der Waals surface area contributed by atoms with Crippen molar-refractivity contribution in [2.24, 2.45) is 0 Å². The molecule has 0 saturated carbocycles. The van der Waals surface area contributed by atoms with Gasteiger partial charge in [-0.05, 0) is 32.9 Å². The molecular formula is C15H23N5O. The Kier molecular flexibility index (Phi) is 4.34. The first-order valence-corrected chi connectivity index (χ1v) is 7.76. The van der Waals surface area contributed by atoms with Gasteiger partial charge in [0.25, 0.3) is 0 Å². The Balaban J connectivity index is 1.51. The quantitative estimate of drug-likeness (QED) is 0.812. The number of hydrogen-bond donors (Lipinski definition) is 0. The average molecular weight is 289 g/mol. The molecule has 0 bridgehead atoms. The summed E-state index contributed by atoms with van der Waals surface area (Å²) in [6, 6.07) is 0. The van der Waals surface area contributed by atoms with Gasteiger partial charge in [-0.2, -0.15) is 0 Å². The fraction of sp³-hybridized carbons (Fsp3) is 0.667. The van der Waals surface area contributed by atoms with E-state index in [0.29, 0.717) is 6.54 Å². The standard InChI is InChI=1S/C15H23N5O/c1-13-10-16-11-14(17-13)19-6-8-20(9-7-19)15(21)12-18-4-2-3-5-18/h10-11H,2-9,12H2,1H3. The van der Waals surface area contributed by atoms with Crippen molar-refractivity contribution in [3.63, 3.8) is 0 Å². The van der Waals surface area contributed by atoms with Crippen LogP contribution in [-0.2, 0) is 4.79 Å². The third-order valence-electron chi connectivity index (χ3n) is 4.26. The second-order valence-corrected chi connectivity index (χ2v) is 5.87. The number of piperazine rings is 1. The zero-order valence-corrected chi connectivity index (χ0v) is 12.7. The van der Waals surface area contributed by atoms with Crippen LogP contribution in [-0.4, -0.2) is 71.5 Å². The zero-order valence-electron chi connectivity index (χ0n) is 12.7. The molecule has 114 valence electrons. The topological polar surface area (TPSA) is 52.6 Å². The molecule has 3 rings (SSSR count). The van der Waals surface area contributed by atoms with Crippen LogP contribution >= 0.6 is 0 Å². The summed E-state index contributed by atoms with van der Waals surface area (Å²) in [7, 11) is 0. The number of nitrogens with zero attached hydrogens (tertiary/aromatic N) is 5. The molecule has 2 saturated heterocycles. The van der Waals surface area contributed by atoms with Crippen molar-refractivity contribution in [2.45, 2.75) is 19.8 Å². The van der Waals surface area contributed by atoms with Gasteiger partial charge in [-0.1, -0.05) is 0 Å². The first kappa shape index (κ1) is 14.3. The molecule has 0 aromatic carbocycles. The highest BCUT2D eigenvalue weighted by molar-refractivity contribution is 5.78. The van der Waals surface area contributed by atoms with Crippen LogP contribution in [0.25, 0.3) is 0 Å². The van der Waals surface area contributed by atoms with Crippen LogP contribution in [0.3, 0.4) is 0 Å². The minimum atomic E-state index is 0.270. The van der Waals surface area contributed by atoms with Crippen LogP contribution in [0.2, 0.25) is 0 Å². The number of aromatic nitrogens is 2. The number of hydrogen-bond acceptors (Lipinski definition) is 5. The molecule has 6 heteroatoms. The molecule has 21 heavy (non-hydrogen) atoms. The van der Waals surface area contributed by atoms with E-state index in [0.717, 1.165) is 50.8 Å². The fourth-order valence-corrected chi connectivity index (χ4v) is 3.02. The number of carbonyl (C=O) groups excluding carboxylic acids is 1. The Morgan fingerprint density at radius 1 is 1.10 bits per heavy atom. The van der Waals surface area contributed by atoms with Crippen molar-refractivity contribution in [3.05, 3.63) is 18.1 Å². The van der Waals surface area contributed by atoms with E-state index in [4.69, 9.17) is 0 Å². The fourth-order valence-electron chi connectivity index (χ4n) is 3.02. The summed E-state index contributed by atoms with van der Waals surface area (Å²) in [5.74, 6) is 1.19. The van der Waals surface area contributed by atoms with E-state index in [1.165, 1.54) is 12.8 Å². The lowest BCUT2D eigenvalue weighted by Crippen LogP contribution is -2.51. The van der Waals surface area contributed by atoms with Gasteiger partial charge in [0.2, 0.25) is 5.91 Å². The Morgan fingerprint density at radius 3 is 2.48 bits per heavy atom. The van der Waals surface area contributed by atoms with Crippen molar-refractivity contribution < 1.29 is 4.79 Å². The van der Waals surface area contributed by atoms with Gasteiger partial charge in [0.05, 0.1) is 18.4 Å². The highest BCUT2D eigenvalue weighted by Crippen LogP contribution is 2.13. The summed E-state index contributed by atoms with van der Waals surface area (Å²) in [6.07, 6.45) is 6.02. The molecule has 3 heterocycles. The van der Waals surface area contributed by atoms with Gasteiger partial charge in [0.1, 0.15) is 5.82 Å². The summed E-state index contributed by atoms with van der Waals surface area (Å²) in [6.45, 7) is 7.92. The van der Waals surface area contributed by atoms with Crippen LogP contribution < -0.4 is 4.90 Å². The van der Waals surface area contributed by atoms with E-state index >= 15 is 0 Å². The number of amides is 1. The summed E-state index contributed by atoms with van der Waals surface area (Å²) in [5.41, 5.74) is 0.931. The Bertz CT molecular complexity index is 493. The molecule has 0 radical (unpaired) electrons. The third kappa shape index (κ3) is 3.50. The lowest BCUT2D eigenvalue weighted by Gasteiger charge is -2.36. The molecule has 0 N–H and O–H groups in total. The molecule has 1 aromatic heterocycles. The van der Waals surface area contributed by atoms with Crippen LogP contribution in [0.15, 0.2) is 12.4 Å². The molecule has 0 unspecified atom stereocenters. The van der Waals surface area contributed by atoms with E-state index in [-0.39, 0.29) is 5.91 Å². The maximum Gasteiger partial charge on any atom is 0.236 e. The molecule has 2 aliphatic rings. The number of rotatable bonds is 3. The second kappa shape index (κ2) is 6.39. The second-order valence-electron chi connectivity index (χ2n) is 5.87. The Hall–Kier alpha value is -1.69. The van der Waals surface area contributed by atoms with Gasteiger partial charge < -0.3 is 9.80 Å². The number of carbonyl (C=O) groups is 1. The van der Waals surface area contributed by atoms with E-state index in [2.05, 4.69) is 19.8 Å². The molecule has 0 aliphatic carbocycles. The predicted octanol–water partition coefficient (Wildman–Crippen LogP) is 0.529. The van der Waals surface area contributed by atoms with Gasteiger partial charge in [0.15, 0.2) is 0 Å². The first-order chi connectivity index (χ1) is 10.2. The van der Waals surface area contributed by atoms with Crippen LogP contribution in [0.4, 0.5) is 5.82 Å². The smallest absolute Gasteiger partial charge is 0.236 e. The predicted molar refractivity (Wildman–Crippen MR) is 81.2 cm³/mol. The van der Waals surface area contributed by atoms with Gasteiger partial charge in [0, 0.05) is 32.4 Å². The Morgan fingerprint density at radius 2 is 1.81 bits per heavy atom. The average Bonchev–Trinajstić information content (AvgIpc) is 3.00.